The van der Waals surface area contributed by atoms with Crippen LogP contribution in [0, 0.1) is 5.82 Å². The van der Waals surface area contributed by atoms with Crippen LogP contribution in [0.1, 0.15) is 35.2 Å². The first kappa shape index (κ1) is 34.7. The van der Waals surface area contributed by atoms with Crippen LogP contribution in [0.4, 0.5) is 4.39 Å². The van der Waals surface area contributed by atoms with E-state index in [1.165, 1.54) is 43.3 Å². The third-order valence-electron chi connectivity index (χ3n) is 7.98. The zero-order chi connectivity index (χ0) is 35.4. The second kappa shape index (κ2) is 15.1. The smallest absolute Gasteiger partial charge is 0.338 e. The van der Waals surface area contributed by atoms with Gasteiger partial charge in [0, 0.05) is 11.1 Å². The predicted octanol–water partition coefficient (Wildman–Crippen LogP) is 6.44. The Bertz CT molecular complexity index is 2280. The van der Waals surface area contributed by atoms with Crippen molar-refractivity contribution < 1.29 is 32.9 Å². The maximum atomic E-state index is 14.4. The SMILES string of the molecule is CCOC(=O)C1=C(c2ccccc2)N=c2s/c(=C\c3cc(Br)c(OCc4ccccc4F)c(OC)c3)c(=O)n2[C@@H]1c1ccc(OC)c(OC)c1. The highest BCUT2D eigenvalue weighted by atomic mass is 79.9. The van der Waals surface area contributed by atoms with Gasteiger partial charge in [0.05, 0.1) is 54.3 Å². The molecule has 0 unspecified atom stereocenters. The Morgan fingerprint density at radius 3 is 2.36 bits per heavy atom. The molecule has 0 N–H and O–H groups in total. The summed E-state index contributed by atoms with van der Waals surface area (Å²) in [5.74, 6) is 0.729. The van der Waals surface area contributed by atoms with Gasteiger partial charge in [-0.15, -0.1) is 0 Å². The van der Waals surface area contributed by atoms with Crippen LogP contribution in [0.15, 0.2) is 105 Å². The maximum absolute atomic E-state index is 14.4. The van der Waals surface area contributed by atoms with Crippen molar-refractivity contribution in [2.24, 2.45) is 4.99 Å². The lowest BCUT2D eigenvalue weighted by molar-refractivity contribution is -0.138. The van der Waals surface area contributed by atoms with E-state index in [9.17, 15) is 14.0 Å². The molecule has 5 aromatic rings. The van der Waals surface area contributed by atoms with E-state index < -0.39 is 12.0 Å². The van der Waals surface area contributed by atoms with Gasteiger partial charge in [0.1, 0.15) is 12.4 Å². The third-order valence-corrected chi connectivity index (χ3v) is 9.55. The molecule has 4 aromatic carbocycles. The van der Waals surface area contributed by atoms with Crippen LogP contribution < -0.4 is 33.8 Å². The molecule has 9 nitrogen and oxygen atoms in total. The summed E-state index contributed by atoms with van der Waals surface area (Å²) in [6.45, 7) is 1.84. The molecular formula is C38H32BrFN2O7S. The van der Waals surface area contributed by atoms with E-state index in [2.05, 4.69) is 15.9 Å². The average Bonchev–Trinajstić information content (AvgIpc) is 3.44. The number of fused-ring (bicyclic) bond motifs is 1. The summed E-state index contributed by atoms with van der Waals surface area (Å²) in [5.41, 5.74) is 2.57. The van der Waals surface area contributed by atoms with Gasteiger partial charge in [0.25, 0.3) is 5.56 Å². The minimum atomic E-state index is -0.905. The van der Waals surface area contributed by atoms with Crippen LogP contribution in [0.25, 0.3) is 11.8 Å². The first-order valence-electron chi connectivity index (χ1n) is 15.5. The number of aromatic nitrogens is 1. The number of hydrogen-bond acceptors (Lipinski definition) is 9. The molecule has 256 valence electrons. The number of nitrogens with zero attached hydrogens (tertiary/aromatic N) is 2. The minimum Gasteiger partial charge on any atom is -0.493 e. The van der Waals surface area contributed by atoms with Crippen molar-refractivity contribution in [2.45, 2.75) is 19.6 Å². The van der Waals surface area contributed by atoms with Crippen LogP contribution >= 0.6 is 27.3 Å². The summed E-state index contributed by atoms with van der Waals surface area (Å²) < 4.78 is 44.9. The average molecular weight is 760 g/mol. The minimum absolute atomic E-state index is 0.0116. The van der Waals surface area contributed by atoms with Crippen LogP contribution in [0.2, 0.25) is 0 Å². The number of benzene rings is 4. The summed E-state index contributed by atoms with van der Waals surface area (Å²) in [6.07, 6.45) is 1.72. The third kappa shape index (κ3) is 6.81. The van der Waals surface area contributed by atoms with Crippen molar-refractivity contribution in [3.8, 4) is 23.0 Å². The maximum Gasteiger partial charge on any atom is 0.338 e. The van der Waals surface area contributed by atoms with Gasteiger partial charge in [-0.05, 0) is 70.4 Å². The van der Waals surface area contributed by atoms with Gasteiger partial charge in [-0.1, -0.05) is 65.9 Å². The van der Waals surface area contributed by atoms with E-state index >= 15 is 0 Å². The number of carbonyl (C=O) groups is 1. The quantitative estimate of drug-likeness (QED) is 0.143. The van der Waals surface area contributed by atoms with Crippen molar-refractivity contribution in [2.75, 3.05) is 27.9 Å². The largest absolute Gasteiger partial charge is 0.493 e. The molecule has 1 atom stereocenters. The van der Waals surface area contributed by atoms with Crippen molar-refractivity contribution in [1.82, 2.24) is 4.57 Å². The van der Waals surface area contributed by atoms with Crippen LogP contribution in [0.3, 0.4) is 0 Å². The van der Waals surface area contributed by atoms with Gasteiger partial charge >= 0.3 is 5.97 Å². The lowest BCUT2D eigenvalue weighted by Gasteiger charge is -2.26. The summed E-state index contributed by atoms with van der Waals surface area (Å²) in [6, 6.07) is 23.6. The molecule has 50 heavy (non-hydrogen) atoms. The molecule has 0 aliphatic carbocycles. The molecular weight excluding hydrogens is 727 g/mol. The second-order valence-electron chi connectivity index (χ2n) is 11.0. The Hall–Kier alpha value is -5.20. The first-order chi connectivity index (χ1) is 24.3. The van der Waals surface area contributed by atoms with Crippen molar-refractivity contribution >= 4 is 45.0 Å². The second-order valence-corrected chi connectivity index (χ2v) is 12.8. The molecule has 0 amide bonds. The normalized spacial score (nSPS) is 14.1. The Labute approximate surface area is 299 Å². The Kier molecular flexibility index (Phi) is 10.5. The molecule has 1 aromatic heterocycles. The molecule has 0 radical (unpaired) electrons. The summed E-state index contributed by atoms with van der Waals surface area (Å²) >= 11 is 4.75. The standard InChI is InChI=1S/C38H32BrFN2O7S/c1-5-48-37(44)32-33(23-11-7-6-8-12-23)41-38-42(34(32)24-15-16-28(45-2)29(20-24)46-3)36(43)31(50-38)19-22-17-26(39)35(30(18-22)47-4)49-21-25-13-9-10-14-27(25)40/h6-20,34H,5,21H2,1-4H3/b31-19-/t34-/m1/s1. The Morgan fingerprint density at radius 2 is 1.66 bits per heavy atom. The predicted molar refractivity (Wildman–Crippen MR) is 192 cm³/mol. The van der Waals surface area contributed by atoms with Gasteiger partial charge in [0.15, 0.2) is 27.8 Å². The highest BCUT2D eigenvalue weighted by Gasteiger charge is 2.35. The summed E-state index contributed by atoms with van der Waals surface area (Å²) in [5, 5.41) is 0. The zero-order valence-corrected chi connectivity index (χ0v) is 30.0. The molecule has 0 fully saturated rings. The van der Waals surface area contributed by atoms with Crippen LogP contribution in [-0.2, 0) is 16.1 Å². The number of carbonyl (C=O) groups excluding carboxylic acids is 1. The van der Waals surface area contributed by atoms with Crippen molar-refractivity contribution in [3.63, 3.8) is 0 Å². The number of rotatable bonds is 11. The zero-order valence-electron chi connectivity index (χ0n) is 27.6. The van der Waals surface area contributed by atoms with E-state index in [-0.39, 0.29) is 30.2 Å². The highest BCUT2D eigenvalue weighted by molar-refractivity contribution is 9.10. The van der Waals surface area contributed by atoms with E-state index in [0.29, 0.717) is 64.8 Å². The van der Waals surface area contributed by atoms with Gasteiger partial charge in [0.2, 0.25) is 0 Å². The lowest BCUT2D eigenvalue weighted by atomic mass is 9.93. The van der Waals surface area contributed by atoms with Crippen molar-refractivity contribution in [3.05, 3.63) is 143 Å². The van der Waals surface area contributed by atoms with Gasteiger partial charge < -0.3 is 23.7 Å². The Morgan fingerprint density at radius 1 is 0.940 bits per heavy atom. The number of hydrogen-bond donors (Lipinski definition) is 0. The summed E-state index contributed by atoms with van der Waals surface area (Å²) in [7, 11) is 4.56. The number of methoxy groups -OCH3 is 3. The molecule has 6 rings (SSSR count). The molecule has 1 aliphatic heterocycles. The molecule has 1 aliphatic rings. The Balaban J connectivity index is 1.52. The van der Waals surface area contributed by atoms with E-state index in [1.54, 1.807) is 61.5 Å². The molecule has 0 saturated heterocycles. The van der Waals surface area contributed by atoms with E-state index in [0.717, 1.165) is 0 Å². The van der Waals surface area contributed by atoms with Crippen LogP contribution in [-0.4, -0.2) is 38.5 Å². The van der Waals surface area contributed by atoms with Gasteiger partial charge in [-0.3, -0.25) is 9.36 Å². The van der Waals surface area contributed by atoms with Crippen LogP contribution in [0.5, 0.6) is 23.0 Å². The van der Waals surface area contributed by atoms with Crippen molar-refractivity contribution in [1.29, 1.82) is 0 Å². The number of thiazole rings is 1. The fraction of sp³-hybridized carbons (Fsp3) is 0.184. The topological polar surface area (TPSA) is 97.6 Å². The fourth-order valence-electron chi connectivity index (χ4n) is 5.66. The van der Waals surface area contributed by atoms with E-state index in [4.69, 9.17) is 28.7 Å². The summed E-state index contributed by atoms with van der Waals surface area (Å²) in [4.78, 5) is 33.5. The highest BCUT2D eigenvalue weighted by Crippen LogP contribution is 2.39. The number of halogens is 2. The number of ether oxygens (including phenoxy) is 5. The monoisotopic (exact) mass is 758 g/mol. The van der Waals surface area contributed by atoms with E-state index in [1.807, 2.05) is 30.3 Å². The van der Waals surface area contributed by atoms with Gasteiger partial charge in [-0.25, -0.2) is 14.2 Å². The molecule has 0 bridgehead atoms. The first-order valence-corrected chi connectivity index (χ1v) is 17.1. The molecule has 0 saturated carbocycles. The van der Waals surface area contributed by atoms with Gasteiger partial charge in [-0.2, -0.15) is 0 Å². The lowest BCUT2D eigenvalue weighted by Crippen LogP contribution is -2.40. The molecule has 12 heteroatoms. The fourth-order valence-corrected chi connectivity index (χ4v) is 7.23. The molecule has 2 heterocycles. The molecule has 0 spiro atoms. The number of esters is 1.